The van der Waals surface area contributed by atoms with Crippen LogP contribution >= 0.6 is 0 Å². The van der Waals surface area contributed by atoms with Crippen molar-refractivity contribution in [1.29, 1.82) is 5.26 Å². The Kier molecular flexibility index (Phi) is 6.56. The monoisotopic (exact) mass is 399 g/mol. The number of carboxylic acid groups (broad SMARTS) is 1. The molecule has 1 amide bonds. The zero-order valence-electron chi connectivity index (χ0n) is 16.4. The van der Waals surface area contributed by atoms with Gasteiger partial charge in [-0.1, -0.05) is 24.3 Å². The van der Waals surface area contributed by atoms with Gasteiger partial charge in [0, 0.05) is 24.0 Å². The first-order chi connectivity index (χ1) is 14.5. The molecule has 0 aliphatic rings. The molecule has 6 heteroatoms. The highest BCUT2D eigenvalue weighted by Gasteiger charge is 2.26. The van der Waals surface area contributed by atoms with E-state index in [2.05, 4.69) is 10.3 Å². The van der Waals surface area contributed by atoms with Gasteiger partial charge in [0.1, 0.15) is 0 Å². The lowest BCUT2D eigenvalue weighted by Crippen LogP contribution is -2.42. The van der Waals surface area contributed by atoms with Gasteiger partial charge in [0.25, 0.3) is 5.91 Å². The van der Waals surface area contributed by atoms with E-state index in [1.54, 1.807) is 55.7 Å². The zero-order chi connectivity index (χ0) is 21.5. The Balaban J connectivity index is 1.69. The van der Waals surface area contributed by atoms with Crippen molar-refractivity contribution in [2.24, 2.45) is 5.92 Å². The Bertz CT molecular complexity index is 1070. The van der Waals surface area contributed by atoms with Crippen molar-refractivity contribution >= 4 is 11.9 Å². The van der Waals surface area contributed by atoms with E-state index < -0.39 is 17.9 Å². The van der Waals surface area contributed by atoms with Crippen LogP contribution in [0, 0.1) is 17.2 Å². The first-order valence-electron chi connectivity index (χ1n) is 9.51. The van der Waals surface area contributed by atoms with Crippen molar-refractivity contribution in [3.8, 4) is 17.2 Å². The topological polar surface area (TPSA) is 103 Å². The molecule has 30 heavy (non-hydrogen) atoms. The normalized spacial score (nSPS) is 12.4. The summed E-state index contributed by atoms with van der Waals surface area (Å²) in [6.07, 6.45) is 3.62. The minimum absolute atomic E-state index is 0.216. The summed E-state index contributed by atoms with van der Waals surface area (Å²) in [6.45, 7) is 1.68. The van der Waals surface area contributed by atoms with Gasteiger partial charge in [-0.15, -0.1) is 0 Å². The SMILES string of the molecule is CC(NC(=O)c1ccc(-c2ccncc2)cc1)C(Cc1cccc(C#N)c1)C(=O)O. The third kappa shape index (κ3) is 5.09. The molecule has 1 heterocycles. The van der Waals surface area contributed by atoms with E-state index in [4.69, 9.17) is 5.26 Å². The summed E-state index contributed by atoms with van der Waals surface area (Å²) in [5, 5.41) is 21.5. The number of carbonyl (C=O) groups excluding carboxylic acids is 1. The number of carboxylic acids is 1. The molecule has 0 bridgehead atoms. The number of hydrogen-bond donors (Lipinski definition) is 2. The van der Waals surface area contributed by atoms with E-state index in [0.717, 1.165) is 16.7 Å². The molecule has 2 unspecified atom stereocenters. The van der Waals surface area contributed by atoms with Crippen molar-refractivity contribution in [2.45, 2.75) is 19.4 Å². The summed E-state index contributed by atoms with van der Waals surface area (Å²) in [4.78, 5) is 28.4. The number of nitriles is 1. The van der Waals surface area contributed by atoms with E-state index in [-0.39, 0.29) is 12.3 Å². The Morgan fingerprint density at radius 3 is 2.37 bits per heavy atom. The summed E-state index contributed by atoms with van der Waals surface area (Å²) in [7, 11) is 0. The fraction of sp³-hybridized carbons (Fsp3) is 0.167. The predicted molar refractivity (Wildman–Crippen MR) is 113 cm³/mol. The van der Waals surface area contributed by atoms with Crippen LogP contribution in [-0.2, 0) is 11.2 Å². The van der Waals surface area contributed by atoms with Crippen LogP contribution < -0.4 is 5.32 Å². The highest BCUT2D eigenvalue weighted by atomic mass is 16.4. The number of aromatic nitrogens is 1. The molecule has 1 aromatic heterocycles. The molecule has 0 radical (unpaired) electrons. The Morgan fingerprint density at radius 2 is 1.73 bits per heavy atom. The molecule has 0 aliphatic carbocycles. The number of nitrogens with zero attached hydrogens (tertiary/aromatic N) is 2. The average Bonchev–Trinajstić information content (AvgIpc) is 2.78. The first kappa shape index (κ1) is 20.7. The Labute approximate surface area is 174 Å². The first-order valence-corrected chi connectivity index (χ1v) is 9.51. The van der Waals surface area contributed by atoms with Gasteiger partial charge >= 0.3 is 5.97 Å². The Morgan fingerprint density at radius 1 is 1.07 bits per heavy atom. The fourth-order valence-corrected chi connectivity index (χ4v) is 3.25. The van der Waals surface area contributed by atoms with Crippen molar-refractivity contribution in [3.63, 3.8) is 0 Å². The molecule has 0 saturated carbocycles. The summed E-state index contributed by atoms with van der Waals surface area (Å²) >= 11 is 0. The van der Waals surface area contributed by atoms with E-state index in [0.29, 0.717) is 11.1 Å². The molecule has 3 aromatic rings. The summed E-state index contributed by atoms with van der Waals surface area (Å²) in [5.74, 6) is -2.15. The maximum Gasteiger partial charge on any atom is 0.308 e. The third-order valence-corrected chi connectivity index (χ3v) is 4.95. The molecule has 0 aliphatic heterocycles. The number of rotatable bonds is 7. The molecule has 150 valence electrons. The summed E-state index contributed by atoms with van der Waals surface area (Å²) in [5.41, 5.74) is 3.63. The van der Waals surface area contributed by atoms with Gasteiger partial charge in [0.05, 0.1) is 17.6 Å². The number of nitrogens with one attached hydrogen (secondary N) is 1. The second kappa shape index (κ2) is 9.48. The van der Waals surface area contributed by atoms with Crippen molar-refractivity contribution in [1.82, 2.24) is 10.3 Å². The second-order valence-corrected chi connectivity index (χ2v) is 7.04. The number of carbonyl (C=O) groups is 2. The van der Waals surface area contributed by atoms with Crippen molar-refractivity contribution in [3.05, 3.63) is 89.7 Å². The number of pyridine rings is 1. The maximum absolute atomic E-state index is 12.6. The highest BCUT2D eigenvalue weighted by molar-refractivity contribution is 5.95. The van der Waals surface area contributed by atoms with Gasteiger partial charge < -0.3 is 10.4 Å². The summed E-state index contributed by atoms with van der Waals surface area (Å²) < 4.78 is 0. The van der Waals surface area contributed by atoms with Gasteiger partial charge in [-0.25, -0.2) is 0 Å². The van der Waals surface area contributed by atoms with Crippen LogP contribution in [0.3, 0.4) is 0 Å². The minimum Gasteiger partial charge on any atom is -0.481 e. The molecule has 2 aromatic carbocycles. The van der Waals surface area contributed by atoms with E-state index in [1.807, 2.05) is 30.3 Å². The van der Waals surface area contributed by atoms with Crippen LogP contribution in [0.4, 0.5) is 0 Å². The Hall–Kier alpha value is -3.98. The lowest BCUT2D eigenvalue weighted by Gasteiger charge is -2.22. The number of benzene rings is 2. The molecule has 0 spiro atoms. The zero-order valence-corrected chi connectivity index (χ0v) is 16.4. The predicted octanol–water partition coefficient (Wildman–Crippen LogP) is 3.68. The number of hydrogen-bond acceptors (Lipinski definition) is 4. The lowest BCUT2D eigenvalue weighted by molar-refractivity contribution is -0.142. The van der Waals surface area contributed by atoms with Crippen molar-refractivity contribution in [2.75, 3.05) is 0 Å². The molecule has 6 nitrogen and oxygen atoms in total. The number of aliphatic carboxylic acids is 1. The standard InChI is InChI=1S/C24H21N3O3/c1-16(22(24(29)30)14-17-3-2-4-18(13-17)15-25)27-23(28)21-7-5-19(6-8-21)20-9-11-26-12-10-20/h2-13,16,22H,14H2,1H3,(H,27,28)(H,29,30). The van der Waals surface area contributed by atoms with Crippen LogP contribution in [-0.4, -0.2) is 28.0 Å². The molecule has 2 atom stereocenters. The highest BCUT2D eigenvalue weighted by Crippen LogP contribution is 2.19. The van der Waals surface area contributed by atoms with Crippen molar-refractivity contribution < 1.29 is 14.7 Å². The summed E-state index contributed by atoms with van der Waals surface area (Å²) in [6, 6.07) is 19.2. The molecular weight excluding hydrogens is 378 g/mol. The number of amides is 1. The smallest absolute Gasteiger partial charge is 0.308 e. The molecule has 2 N–H and O–H groups in total. The third-order valence-electron chi connectivity index (χ3n) is 4.95. The second-order valence-electron chi connectivity index (χ2n) is 7.04. The van der Waals surface area contributed by atoms with Gasteiger partial charge in [0.15, 0.2) is 0 Å². The van der Waals surface area contributed by atoms with Crippen LogP contribution in [0.1, 0.15) is 28.4 Å². The van der Waals surface area contributed by atoms with Gasteiger partial charge in [-0.2, -0.15) is 5.26 Å². The minimum atomic E-state index is -1.00. The molecule has 0 fully saturated rings. The van der Waals surface area contributed by atoms with Gasteiger partial charge in [-0.05, 0) is 66.4 Å². The van der Waals surface area contributed by atoms with Crippen LogP contribution in [0.15, 0.2) is 73.1 Å². The quantitative estimate of drug-likeness (QED) is 0.631. The fourth-order valence-electron chi connectivity index (χ4n) is 3.25. The van der Waals surface area contributed by atoms with Gasteiger partial charge in [-0.3, -0.25) is 14.6 Å². The van der Waals surface area contributed by atoms with Crippen LogP contribution in [0.5, 0.6) is 0 Å². The molecule has 3 rings (SSSR count). The van der Waals surface area contributed by atoms with E-state index in [9.17, 15) is 14.7 Å². The van der Waals surface area contributed by atoms with E-state index in [1.165, 1.54) is 0 Å². The largest absolute Gasteiger partial charge is 0.481 e. The maximum atomic E-state index is 12.6. The van der Waals surface area contributed by atoms with Crippen LogP contribution in [0.25, 0.3) is 11.1 Å². The molecule has 0 saturated heterocycles. The van der Waals surface area contributed by atoms with Crippen LogP contribution in [0.2, 0.25) is 0 Å². The molecular formula is C24H21N3O3. The van der Waals surface area contributed by atoms with Gasteiger partial charge in [0.2, 0.25) is 0 Å². The lowest BCUT2D eigenvalue weighted by atomic mass is 9.92. The average molecular weight is 399 g/mol. The van der Waals surface area contributed by atoms with E-state index >= 15 is 0 Å².